The second-order valence-corrected chi connectivity index (χ2v) is 7.04. The first-order valence-electron chi connectivity index (χ1n) is 7.50. The summed E-state index contributed by atoms with van der Waals surface area (Å²) in [5, 5.41) is 10.8. The number of hydrogen-bond acceptors (Lipinski definition) is 4. The Hall–Kier alpha value is -3.26. The first-order chi connectivity index (χ1) is 12.4. The fourth-order valence-electron chi connectivity index (χ4n) is 2.48. The average molecular weight is 372 g/mol. The largest absolute Gasteiger partial charge is 0.306 e. The molecule has 26 heavy (non-hydrogen) atoms. The van der Waals surface area contributed by atoms with Gasteiger partial charge in [-0.05, 0) is 23.8 Å². The van der Waals surface area contributed by atoms with E-state index in [1.807, 2.05) is 6.07 Å². The van der Waals surface area contributed by atoms with E-state index in [1.165, 1.54) is 6.07 Å². The van der Waals surface area contributed by atoms with Gasteiger partial charge in [0.05, 0.1) is 15.5 Å². The Kier molecular flexibility index (Phi) is 4.68. The van der Waals surface area contributed by atoms with Crippen molar-refractivity contribution in [1.29, 1.82) is 0 Å². The lowest BCUT2D eigenvalue weighted by molar-refractivity contribution is -0.387. The lowest BCUT2D eigenvalue weighted by Crippen LogP contribution is -2.14. The Morgan fingerprint density at radius 2 is 1.58 bits per heavy atom. The van der Waals surface area contributed by atoms with Gasteiger partial charge in [-0.1, -0.05) is 48.5 Å². The SMILES string of the molecule is O=[N+]([O-])c1cc(NS(=O)(=O)c2ccccc2-c2ccccc2)ccc1F. The smallest absolute Gasteiger partial charge is 0.279 e. The van der Waals surface area contributed by atoms with E-state index in [9.17, 15) is 22.9 Å². The van der Waals surface area contributed by atoms with Crippen LogP contribution < -0.4 is 4.72 Å². The van der Waals surface area contributed by atoms with Crippen LogP contribution in [0.15, 0.2) is 77.7 Å². The van der Waals surface area contributed by atoms with Crippen LogP contribution in [0.5, 0.6) is 0 Å². The zero-order valence-corrected chi connectivity index (χ0v) is 14.1. The molecular weight excluding hydrogens is 359 g/mol. The number of nitrogens with one attached hydrogen (secondary N) is 1. The fourth-order valence-corrected chi connectivity index (χ4v) is 3.76. The van der Waals surface area contributed by atoms with E-state index in [4.69, 9.17) is 0 Å². The van der Waals surface area contributed by atoms with Gasteiger partial charge in [0.15, 0.2) is 0 Å². The van der Waals surface area contributed by atoms with E-state index in [2.05, 4.69) is 4.72 Å². The molecule has 3 aromatic carbocycles. The summed E-state index contributed by atoms with van der Waals surface area (Å²) < 4.78 is 41.3. The van der Waals surface area contributed by atoms with Crippen molar-refractivity contribution in [1.82, 2.24) is 0 Å². The number of anilines is 1. The Labute approximate surface area is 149 Å². The van der Waals surface area contributed by atoms with E-state index in [0.29, 0.717) is 11.1 Å². The Morgan fingerprint density at radius 1 is 0.923 bits per heavy atom. The van der Waals surface area contributed by atoms with Crippen molar-refractivity contribution in [3.63, 3.8) is 0 Å². The molecule has 3 rings (SSSR count). The summed E-state index contributed by atoms with van der Waals surface area (Å²) in [5.41, 5.74) is 0.290. The molecule has 1 N–H and O–H groups in total. The highest BCUT2D eigenvalue weighted by molar-refractivity contribution is 7.92. The summed E-state index contributed by atoms with van der Waals surface area (Å²) in [6, 6.07) is 18.1. The van der Waals surface area contributed by atoms with Gasteiger partial charge in [0.25, 0.3) is 10.0 Å². The minimum absolute atomic E-state index is 0.0122. The quantitative estimate of drug-likeness (QED) is 0.537. The van der Waals surface area contributed by atoms with Crippen molar-refractivity contribution in [2.45, 2.75) is 4.90 Å². The monoisotopic (exact) mass is 372 g/mol. The van der Waals surface area contributed by atoms with Crippen molar-refractivity contribution >= 4 is 21.4 Å². The van der Waals surface area contributed by atoms with Gasteiger partial charge in [-0.25, -0.2) is 8.42 Å². The standard InChI is InChI=1S/C18H13FN2O4S/c19-16-11-10-14(12-17(16)21(22)23)20-26(24,25)18-9-5-4-8-15(18)13-6-2-1-3-7-13/h1-12,20H. The minimum Gasteiger partial charge on any atom is -0.279 e. The lowest BCUT2D eigenvalue weighted by Gasteiger charge is -2.12. The predicted molar refractivity (Wildman–Crippen MR) is 95.7 cm³/mol. The highest BCUT2D eigenvalue weighted by atomic mass is 32.2. The molecule has 0 bridgehead atoms. The number of rotatable bonds is 5. The maximum atomic E-state index is 13.4. The summed E-state index contributed by atoms with van der Waals surface area (Å²) in [6.45, 7) is 0. The van der Waals surface area contributed by atoms with Crippen LogP contribution in [0.25, 0.3) is 11.1 Å². The van der Waals surface area contributed by atoms with E-state index in [0.717, 1.165) is 18.2 Å². The highest BCUT2D eigenvalue weighted by Gasteiger charge is 2.21. The van der Waals surface area contributed by atoms with Crippen LogP contribution >= 0.6 is 0 Å². The number of sulfonamides is 1. The first-order valence-corrected chi connectivity index (χ1v) is 8.98. The molecule has 0 spiro atoms. The average Bonchev–Trinajstić information content (AvgIpc) is 2.63. The molecule has 0 unspecified atom stereocenters. The molecule has 0 amide bonds. The van der Waals surface area contributed by atoms with Gasteiger partial charge in [-0.2, -0.15) is 4.39 Å². The fraction of sp³-hybridized carbons (Fsp3) is 0. The molecule has 0 aliphatic heterocycles. The molecule has 0 heterocycles. The molecule has 6 nitrogen and oxygen atoms in total. The van der Waals surface area contributed by atoms with Gasteiger partial charge in [0.2, 0.25) is 5.82 Å². The van der Waals surface area contributed by atoms with Crippen LogP contribution in [0.1, 0.15) is 0 Å². The highest BCUT2D eigenvalue weighted by Crippen LogP contribution is 2.29. The van der Waals surface area contributed by atoms with Crippen LogP contribution in [-0.4, -0.2) is 13.3 Å². The van der Waals surface area contributed by atoms with E-state index in [1.54, 1.807) is 42.5 Å². The van der Waals surface area contributed by atoms with E-state index < -0.39 is 26.5 Å². The summed E-state index contributed by atoms with van der Waals surface area (Å²) in [5.74, 6) is -1.04. The number of halogens is 1. The van der Waals surface area contributed by atoms with Crippen molar-refractivity contribution < 1.29 is 17.7 Å². The van der Waals surface area contributed by atoms with E-state index in [-0.39, 0.29) is 10.6 Å². The van der Waals surface area contributed by atoms with Crippen LogP contribution in [0.4, 0.5) is 15.8 Å². The van der Waals surface area contributed by atoms with Crippen LogP contribution in [0.3, 0.4) is 0 Å². The van der Waals surface area contributed by atoms with Gasteiger partial charge < -0.3 is 0 Å². The molecule has 0 saturated carbocycles. The second kappa shape index (κ2) is 6.93. The zero-order chi connectivity index (χ0) is 18.7. The van der Waals surface area contributed by atoms with Crippen molar-refractivity contribution in [2.75, 3.05) is 4.72 Å². The van der Waals surface area contributed by atoms with E-state index >= 15 is 0 Å². The number of benzene rings is 3. The molecule has 0 aliphatic carbocycles. The summed E-state index contributed by atoms with van der Waals surface area (Å²) in [7, 11) is -4.04. The summed E-state index contributed by atoms with van der Waals surface area (Å²) in [6.07, 6.45) is 0. The number of nitrogens with zero attached hydrogens (tertiary/aromatic N) is 1. The topological polar surface area (TPSA) is 89.3 Å². The second-order valence-electron chi connectivity index (χ2n) is 5.39. The molecule has 0 radical (unpaired) electrons. The Balaban J connectivity index is 2.03. The molecular formula is C18H13FN2O4S. The van der Waals surface area contributed by atoms with Crippen molar-refractivity contribution in [2.24, 2.45) is 0 Å². The first kappa shape index (κ1) is 17.6. The molecule has 0 aromatic heterocycles. The normalized spacial score (nSPS) is 11.1. The molecule has 0 atom stereocenters. The third kappa shape index (κ3) is 3.55. The maximum absolute atomic E-state index is 13.4. The summed E-state index contributed by atoms with van der Waals surface area (Å²) in [4.78, 5) is 9.94. The van der Waals surface area contributed by atoms with Crippen LogP contribution in [-0.2, 0) is 10.0 Å². The Morgan fingerprint density at radius 3 is 2.27 bits per heavy atom. The third-order valence-corrected chi connectivity index (χ3v) is 5.10. The molecule has 132 valence electrons. The summed E-state index contributed by atoms with van der Waals surface area (Å²) >= 11 is 0. The molecule has 0 saturated heterocycles. The molecule has 3 aromatic rings. The lowest BCUT2D eigenvalue weighted by atomic mass is 10.1. The predicted octanol–water partition coefficient (Wildman–Crippen LogP) is 4.20. The van der Waals surface area contributed by atoms with Crippen molar-refractivity contribution in [3.8, 4) is 11.1 Å². The van der Waals surface area contributed by atoms with Crippen LogP contribution in [0, 0.1) is 15.9 Å². The Bertz CT molecular complexity index is 1070. The maximum Gasteiger partial charge on any atom is 0.306 e. The van der Waals surface area contributed by atoms with Gasteiger partial charge in [0.1, 0.15) is 0 Å². The van der Waals surface area contributed by atoms with Crippen molar-refractivity contribution in [3.05, 3.63) is 88.7 Å². The minimum atomic E-state index is -4.04. The molecule has 0 fully saturated rings. The zero-order valence-electron chi connectivity index (χ0n) is 13.3. The number of nitro groups is 1. The molecule has 0 aliphatic rings. The number of nitro benzene ring substituents is 1. The van der Waals surface area contributed by atoms with Gasteiger partial charge >= 0.3 is 5.69 Å². The van der Waals surface area contributed by atoms with Gasteiger partial charge in [0, 0.05) is 11.6 Å². The third-order valence-electron chi connectivity index (χ3n) is 3.66. The van der Waals surface area contributed by atoms with Gasteiger partial charge in [-0.3, -0.25) is 14.8 Å². The molecule has 8 heteroatoms. The van der Waals surface area contributed by atoms with Crippen LogP contribution in [0.2, 0.25) is 0 Å². The van der Waals surface area contributed by atoms with Gasteiger partial charge in [-0.15, -0.1) is 0 Å². The number of hydrogen-bond donors (Lipinski definition) is 1.